The van der Waals surface area contributed by atoms with E-state index in [4.69, 9.17) is 4.74 Å². The molecule has 3 heterocycles. The Balaban J connectivity index is 1.62. The van der Waals surface area contributed by atoms with Crippen molar-refractivity contribution in [1.29, 1.82) is 0 Å². The van der Waals surface area contributed by atoms with Gasteiger partial charge >= 0.3 is 0 Å². The lowest BCUT2D eigenvalue weighted by Gasteiger charge is -2.35. The highest BCUT2D eigenvalue weighted by atomic mass is 32.2. The number of ether oxygens (including phenoxy) is 1. The number of nitrogens with zero attached hydrogens (tertiary/aromatic N) is 6. The van der Waals surface area contributed by atoms with E-state index in [1.54, 1.807) is 16.8 Å². The van der Waals surface area contributed by atoms with Crippen LogP contribution in [0.5, 0.6) is 5.75 Å². The van der Waals surface area contributed by atoms with Crippen LogP contribution in [0.3, 0.4) is 0 Å². The summed E-state index contributed by atoms with van der Waals surface area (Å²) in [5.41, 5.74) is 3.43. The maximum atomic E-state index is 13.3. The van der Waals surface area contributed by atoms with Crippen molar-refractivity contribution in [3.8, 4) is 5.75 Å². The zero-order chi connectivity index (χ0) is 21.6. The average Bonchev–Trinajstić information content (AvgIpc) is 3.01. The molecular formula is C20H26N6O3S. The number of hydrogen-bond acceptors (Lipinski definition) is 7. The Morgan fingerprint density at radius 2 is 1.73 bits per heavy atom. The largest absolute Gasteiger partial charge is 0.495 e. The highest BCUT2D eigenvalue weighted by Gasteiger charge is 2.32. The topological polar surface area (TPSA) is 93.5 Å². The first-order chi connectivity index (χ1) is 14.2. The first-order valence-corrected chi connectivity index (χ1v) is 11.2. The van der Waals surface area contributed by atoms with Crippen LogP contribution in [-0.4, -0.2) is 65.8 Å². The van der Waals surface area contributed by atoms with Gasteiger partial charge in [-0.3, -0.25) is 4.68 Å². The summed E-state index contributed by atoms with van der Waals surface area (Å²) in [5, 5.41) is 4.48. The molecule has 1 aliphatic rings. The molecule has 0 radical (unpaired) electrons. The number of piperazine rings is 1. The van der Waals surface area contributed by atoms with Crippen molar-refractivity contribution in [3.63, 3.8) is 0 Å². The Labute approximate surface area is 176 Å². The standard InChI is InChI=1S/C20H26N6O3S/c1-13-6-7-16(29-5)17(12-13)30(27,28)26-10-8-25(9-11-26)20-19-18(21-15(3)22-20)14(2)23-24(19)4/h6-7,12H,8-11H2,1-5H3. The maximum Gasteiger partial charge on any atom is 0.246 e. The molecule has 2 aromatic heterocycles. The van der Waals surface area contributed by atoms with Crippen LogP contribution in [0.2, 0.25) is 0 Å². The predicted octanol–water partition coefficient (Wildman–Crippen LogP) is 1.81. The smallest absolute Gasteiger partial charge is 0.246 e. The van der Waals surface area contributed by atoms with Crippen LogP contribution in [0, 0.1) is 20.8 Å². The van der Waals surface area contributed by atoms with E-state index in [0.29, 0.717) is 37.8 Å². The Morgan fingerprint density at radius 3 is 2.40 bits per heavy atom. The molecule has 0 saturated carbocycles. The van der Waals surface area contributed by atoms with E-state index >= 15 is 0 Å². The molecule has 0 aliphatic carbocycles. The quantitative estimate of drug-likeness (QED) is 0.623. The van der Waals surface area contributed by atoms with Crippen molar-refractivity contribution >= 4 is 26.9 Å². The van der Waals surface area contributed by atoms with Gasteiger partial charge in [0.15, 0.2) is 5.82 Å². The van der Waals surface area contributed by atoms with Crippen molar-refractivity contribution < 1.29 is 13.2 Å². The van der Waals surface area contributed by atoms with E-state index in [2.05, 4.69) is 20.0 Å². The normalized spacial score (nSPS) is 15.7. The fourth-order valence-corrected chi connectivity index (χ4v) is 5.57. The van der Waals surface area contributed by atoms with E-state index in [1.807, 2.05) is 33.9 Å². The van der Waals surface area contributed by atoms with Crippen LogP contribution in [0.4, 0.5) is 5.82 Å². The molecule has 9 nitrogen and oxygen atoms in total. The molecule has 1 saturated heterocycles. The fraction of sp³-hybridized carbons (Fsp3) is 0.450. The molecule has 4 rings (SSSR count). The van der Waals surface area contributed by atoms with E-state index in [1.165, 1.54) is 11.4 Å². The molecule has 1 fully saturated rings. The third-order valence-corrected chi connectivity index (χ3v) is 7.34. The number of aryl methyl sites for hydroxylation is 4. The Morgan fingerprint density at radius 1 is 1.03 bits per heavy atom. The molecule has 1 aromatic carbocycles. The molecule has 0 amide bonds. The number of benzene rings is 1. The molecule has 1 aliphatic heterocycles. The van der Waals surface area contributed by atoms with Crippen molar-refractivity contribution in [1.82, 2.24) is 24.1 Å². The monoisotopic (exact) mass is 430 g/mol. The van der Waals surface area contributed by atoms with E-state index in [9.17, 15) is 8.42 Å². The van der Waals surface area contributed by atoms with Crippen LogP contribution in [0.15, 0.2) is 23.1 Å². The number of hydrogen-bond donors (Lipinski definition) is 0. The zero-order valence-electron chi connectivity index (χ0n) is 17.9. The van der Waals surface area contributed by atoms with Gasteiger partial charge in [0.1, 0.15) is 27.5 Å². The van der Waals surface area contributed by atoms with Gasteiger partial charge in [-0.1, -0.05) is 6.07 Å². The van der Waals surface area contributed by atoms with Gasteiger partial charge in [-0.25, -0.2) is 18.4 Å². The van der Waals surface area contributed by atoms with Gasteiger partial charge in [0.2, 0.25) is 10.0 Å². The molecular weight excluding hydrogens is 404 g/mol. The van der Waals surface area contributed by atoms with E-state index < -0.39 is 10.0 Å². The summed E-state index contributed by atoms with van der Waals surface area (Å²) in [4.78, 5) is 11.5. The molecule has 0 unspecified atom stereocenters. The molecule has 0 N–H and O–H groups in total. The summed E-state index contributed by atoms with van der Waals surface area (Å²) in [7, 11) is -0.293. The molecule has 3 aromatic rings. The van der Waals surface area contributed by atoms with Gasteiger partial charge in [-0.05, 0) is 38.5 Å². The summed E-state index contributed by atoms with van der Waals surface area (Å²) in [6, 6.07) is 5.20. The van der Waals surface area contributed by atoms with Crippen molar-refractivity contribution in [3.05, 3.63) is 35.3 Å². The minimum Gasteiger partial charge on any atom is -0.495 e. The molecule has 0 atom stereocenters. The molecule has 10 heteroatoms. The Hall–Kier alpha value is -2.72. The summed E-state index contributed by atoms with van der Waals surface area (Å²) in [6.07, 6.45) is 0. The van der Waals surface area contributed by atoms with Crippen LogP contribution in [0.25, 0.3) is 11.0 Å². The van der Waals surface area contributed by atoms with Crippen LogP contribution < -0.4 is 9.64 Å². The summed E-state index contributed by atoms with van der Waals surface area (Å²) in [6.45, 7) is 7.45. The molecule has 160 valence electrons. The van der Waals surface area contributed by atoms with Gasteiger partial charge in [0, 0.05) is 33.2 Å². The van der Waals surface area contributed by atoms with Crippen LogP contribution in [-0.2, 0) is 17.1 Å². The van der Waals surface area contributed by atoms with Crippen molar-refractivity contribution in [2.75, 3.05) is 38.2 Å². The predicted molar refractivity (Wildman–Crippen MR) is 114 cm³/mol. The van der Waals surface area contributed by atoms with E-state index in [0.717, 1.165) is 28.1 Å². The first-order valence-electron chi connectivity index (χ1n) is 9.80. The van der Waals surface area contributed by atoms with Crippen molar-refractivity contribution in [2.24, 2.45) is 7.05 Å². The zero-order valence-corrected chi connectivity index (χ0v) is 18.7. The number of aromatic nitrogens is 4. The Kier molecular flexibility index (Phi) is 5.15. The second-order valence-electron chi connectivity index (χ2n) is 7.55. The molecule has 0 spiro atoms. The summed E-state index contributed by atoms with van der Waals surface area (Å²) < 4.78 is 35.2. The first kappa shape index (κ1) is 20.5. The van der Waals surface area contributed by atoms with Crippen LogP contribution >= 0.6 is 0 Å². The second-order valence-corrected chi connectivity index (χ2v) is 9.45. The third-order valence-electron chi connectivity index (χ3n) is 5.42. The molecule has 30 heavy (non-hydrogen) atoms. The van der Waals surface area contributed by atoms with Gasteiger partial charge in [-0.15, -0.1) is 0 Å². The number of sulfonamides is 1. The summed E-state index contributed by atoms with van der Waals surface area (Å²) in [5.74, 6) is 1.83. The SMILES string of the molecule is COc1ccc(C)cc1S(=O)(=O)N1CCN(c2nc(C)nc3c(C)nn(C)c23)CC1. The van der Waals surface area contributed by atoms with Crippen molar-refractivity contribution in [2.45, 2.75) is 25.7 Å². The van der Waals surface area contributed by atoms with Gasteiger partial charge in [0.25, 0.3) is 0 Å². The number of fused-ring (bicyclic) bond motifs is 1. The second kappa shape index (κ2) is 7.51. The van der Waals surface area contributed by atoms with E-state index in [-0.39, 0.29) is 4.90 Å². The number of methoxy groups -OCH3 is 1. The number of anilines is 1. The molecule has 0 bridgehead atoms. The average molecular weight is 431 g/mol. The lowest BCUT2D eigenvalue weighted by atomic mass is 10.2. The Bertz CT molecular complexity index is 1210. The third kappa shape index (κ3) is 3.39. The minimum absolute atomic E-state index is 0.209. The lowest BCUT2D eigenvalue weighted by Crippen LogP contribution is -2.49. The highest BCUT2D eigenvalue weighted by molar-refractivity contribution is 7.89. The minimum atomic E-state index is -3.66. The summed E-state index contributed by atoms with van der Waals surface area (Å²) >= 11 is 0. The van der Waals surface area contributed by atoms with Gasteiger partial charge in [-0.2, -0.15) is 9.40 Å². The maximum absolute atomic E-state index is 13.3. The fourth-order valence-electron chi connectivity index (χ4n) is 3.91. The van der Waals surface area contributed by atoms with Gasteiger partial charge in [0.05, 0.1) is 12.8 Å². The highest BCUT2D eigenvalue weighted by Crippen LogP contribution is 2.30. The van der Waals surface area contributed by atoms with Crippen LogP contribution in [0.1, 0.15) is 17.1 Å². The lowest BCUT2D eigenvalue weighted by molar-refractivity contribution is 0.373. The number of rotatable bonds is 4. The van der Waals surface area contributed by atoms with Gasteiger partial charge < -0.3 is 9.64 Å².